The lowest BCUT2D eigenvalue weighted by atomic mass is 10.5. The predicted molar refractivity (Wildman–Crippen MR) is 35.0 cm³/mol. The maximum Gasteiger partial charge on any atom is 0.116 e. The van der Waals surface area contributed by atoms with Gasteiger partial charge < -0.3 is 4.84 Å². The highest BCUT2D eigenvalue weighted by atomic mass is 16.6. The molecule has 0 aromatic rings. The zero-order chi connectivity index (χ0) is 6.41. The number of hydrogen-bond acceptors (Lipinski definition) is 2. The van der Waals surface area contributed by atoms with E-state index in [2.05, 4.69) is 12.1 Å². The number of oxime groups is 1. The summed E-state index contributed by atoms with van der Waals surface area (Å²) < 4.78 is 0. The molecule has 0 rings (SSSR count). The topological polar surface area (TPSA) is 21.6 Å². The molecule has 0 bridgehead atoms. The lowest BCUT2D eigenvalue weighted by Gasteiger charge is -1.93. The Morgan fingerprint density at radius 3 is 2.50 bits per heavy atom. The van der Waals surface area contributed by atoms with E-state index in [0.717, 1.165) is 18.7 Å². The summed E-state index contributed by atoms with van der Waals surface area (Å²) >= 11 is 0. The fraction of sp³-hybridized carbons (Fsp3) is 0.833. The van der Waals surface area contributed by atoms with Gasteiger partial charge >= 0.3 is 0 Å². The molecule has 0 radical (unpaired) electrons. The molecule has 0 aliphatic heterocycles. The minimum atomic E-state index is 0.727. The van der Waals surface area contributed by atoms with E-state index in [9.17, 15) is 0 Å². The van der Waals surface area contributed by atoms with Crippen molar-refractivity contribution in [2.45, 2.75) is 27.2 Å². The zero-order valence-electron chi connectivity index (χ0n) is 5.77. The van der Waals surface area contributed by atoms with Gasteiger partial charge in [-0.3, -0.25) is 0 Å². The van der Waals surface area contributed by atoms with Crippen LogP contribution >= 0.6 is 0 Å². The van der Waals surface area contributed by atoms with Gasteiger partial charge in [-0.05, 0) is 20.3 Å². The van der Waals surface area contributed by atoms with E-state index in [0.29, 0.717) is 0 Å². The van der Waals surface area contributed by atoms with Gasteiger partial charge in [-0.2, -0.15) is 0 Å². The molecule has 0 aliphatic carbocycles. The van der Waals surface area contributed by atoms with Crippen LogP contribution in [0.1, 0.15) is 27.2 Å². The first-order valence-corrected chi connectivity index (χ1v) is 2.90. The Morgan fingerprint density at radius 1 is 1.50 bits per heavy atom. The molecular weight excluding hydrogens is 102 g/mol. The van der Waals surface area contributed by atoms with Crippen molar-refractivity contribution in [1.29, 1.82) is 0 Å². The normalized spacial score (nSPS) is 8.38. The Bertz CT molecular complexity index is 74.6. The molecule has 0 unspecified atom stereocenters. The van der Waals surface area contributed by atoms with Crippen molar-refractivity contribution < 1.29 is 4.84 Å². The predicted octanol–water partition coefficient (Wildman–Crippen LogP) is 1.81. The highest BCUT2D eigenvalue weighted by Crippen LogP contribution is 1.81. The van der Waals surface area contributed by atoms with E-state index in [1.165, 1.54) is 0 Å². The van der Waals surface area contributed by atoms with Crippen LogP contribution in [0.25, 0.3) is 0 Å². The smallest absolute Gasteiger partial charge is 0.116 e. The van der Waals surface area contributed by atoms with Gasteiger partial charge in [0.05, 0.1) is 5.71 Å². The minimum absolute atomic E-state index is 0.727. The summed E-state index contributed by atoms with van der Waals surface area (Å²) in [4.78, 5) is 4.83. The second-order valence-electron chi connectivity index (χ2n) is 1.87. The summed E-state index contributed by atoms with van der Waals surface area (Å²) in [7, 11) is 0. The van der Waals surface area contributed by atoms with Crippen molar-refractivity contribution in [2.24, 2.45) is 5.16 Å². The molecule has 2 heteroatoms. The highest BCUT2D eigenvalue weighted by Gasteiger charge is 1.77. The summed E-state index contributed by atoms with van der Waals surface area (Å²) in [6.45, 7) is 6.61. The number of nitrogens with zero attached hydrogens (tertiary/aromatic N) is 1. The Morgan fingerprint density at radius 2 is 2.12 bits per heavy atom. The van der Waals surface area contributed by atoms with Gasteiger partial charge in [0.1, 0.15) is 6.61 Å². The van der Waals surface area contributed by atoms with Gasteiger partial charge in [0.2, 0.25) is 0 Å². The number of hydrogen-bond donors (Lipinski definition) is 0. The average Bonchev–Trinajstić information content (AvgIpc) is 1.66. The van der Waals surface area contributed by atoms with E-state index in [1.54, 1.807) is 0 Å². The average molecular weight is 115 g/mol. The first-order chi connectivity index (χ1) is 3.77. The molecule has 0 fully saturated rings. The van der Waals surface area contributed by atoms with Crippen LogP contribution in [0.2, 0.25) is 0 Å². The molecule has 0 aromatic heterocycles. The van der Waals surface area contributed by atoms with E-state index in [1.807, 2.05) is 13.8 Å². The molecular formula is C6H13NO. The van der Waals surface area contributed by atoms with Crippen molar-refractivity contribution >= 4 is 5.71 Å². The van der Waals surface area contributed by atoms with Crippen molar-refractivity contribution in [1.82, 2.24) is 0 Å². The first kappa shape index (κ1) is 7.47. The molecule has 0 amide bonds. The Hall–Kier alpha value is -0.530. The zero-order valence-corrected chi connectivity index (χ0v) is 5.77. The fourth-order valence-corrected chi connectivity index (χ4v) is 0.266. The third-order valence-corrected chi connectivity index (χ3v) is 0.543. The van der Waals surface area contributed by atoms with E-state index >= 15 is 0 Å². The van der Waals surface area contributed by atoms with E-state index in [-0.39, 0.29) is 0 Å². The lowest BCUT2D eigenvalue weighted by molar-refractivity contribution is 0.144. The molecule has 2 nitrogen and oxygen atoms in total. The van der Waals surface area contributed by atoms with Crippen molar-refractivity contribution in [3.05, 3.63) is 0 Å². The highest BCUT2D eigenvalue weighted by molar-refractivity contribution is 5.78. The molecule has 0 saturated heterocycles. The summed E-state index contributed by atoms with van der Waals surface area (Å²) in [5.74, 6) is 0. The van der Waals surface area contributed by atoms with Gasteiger partial charge in [0.25, 0.3) is 0 Å². The van der Waals surface area contributed by atoms with Crippen LogP contribution in [0.5, 0.6) is 0 Å². The Kier molecular flexibility index (Phi) is 4.32. The molecule has 0 N–H and O–H groups in total. The maximum absolute atomic E-state index is 4.83. The van der Waals surface area contributed by atoms with Crippen LogP contribution in [-0.2, 0) is 4.84 Å². The standard InChI is InChI=1S/C6H13NO/c1-4-5-8-7-6(2)3/h4-5H2,1-3H3. The SMILES string of the molecule is CCCON=C(C)C. The fourth-order valence-electron chi connectivity index (χ4n) is 0.266. The van der Waals surface area contributed by atoms with Crippen LogP contribution in [-0.4, -0.2) is 12.3 Å². The molecule has 0 heterocycles. The van der Waals surface area contributed by atoms with Crippen LogP contribution in [0.15, 0.2) is 5.16 Å². The quantitative estimate of drug-likeness (QED) is 0.312. The second-order valence-corrected chi connectivity index (χ2v) is 1.87. The molecule has 48 valence electrons. The van der Waals surface area contributed by atoms with Gasteiger partial charge in [-0.15, -0.1) is 0 Å². The van der Waals surface area contributed by atoms with Gasteiger partial charge in [0.15, 0.2) is 0 Å². The van der Waals surface area contributed by atoms with Gasteiger partial charge in [0, 0.05) is 0 Å². The molecule has 0 saturated carbocycles. The minimum Gasteiger partial charge on any atom is -0.396 e. The van der Waals surface area contributed by atoms with Crippen molar-refractivity contribution in [3.63, 3.8) is 0 Å². The van der Waals surface area contributed by atoms with Crippen molar-refractivity contribution in [2.75, 3.05) is 6.61 Å². The molecule has 0 atom stereocenters. The lowest BCUT2D eigenvalue weighted by Crippen LogP contribution is -1.87. The van der Waals surface area contributed by atoms with Crippen LogP contribution in [0.4, 0.5) is 0 Å². The summed E-state index contributed by atoms with van der Waals surface area (Å²) in [6, 6.07) is 0. The summed E-state index contributed by atoms with van der Waals surface area (Å²) in [5.41, 5.74) is 0.971. The third-order valence-electron chi connectivity index (χ3n) is 0.543. The van der Waals surface area contributed by atoms with E-state index in [4.69, 9.17) is 4.84 Å². The summed E-state index contributed by atoms with van der Waals surface area (Å²) in [6.07, 6.45) is 1.02. The van der Waals surface area contributed by atoms with Crippen molar-refractivity contribution in [3.8, 4) is 0 Å². The summed E-state index contributed by atoms with van der Waals surface area (Å²) in [5, 5.41) is 3.73. The van der Waals surface area contributed by atoms with Gasteiger partial charge in [-0.25, -0.2) is 0 Å². The molecule has 8 heavy (non-hydrogen) atoms. The van der Waals surface area contributed by atoms with Crippen LogP contribution in [0.3, 0.4) is 0 Å². The van der Waals surface area contributed by atoms with Gasteiger partial charge in [-0.1, -0.05) is 12.1 Å². The van der Waals surface area contributed by atoms with Crippen LogP contribution in [0, 0.1) is 0 Å². The second kappa shape index (κ2) is 4.62. The molecule has 0 aliphatic rings. The Labute approximate surface area is 50.5 Å². The maximum atomic E-state index is 4.83. The largest absolute Gasteiger partial charge is 0.396 e. The third kappa shape index (κ3) is 5.47. The molecule has 0 spiro atoms. The Balaban J connectivity index is 3.03. The number of rotatable bonds is 3. The monoisotopic (exact) mass is 115 g/mol. The first-order valence-electron chi connectivity index (χ1n) is 2.90. The van der Waals surface area contributed by atoms with Crippen LogP contribution < -0.4 is 0 Å². The van der Waals surface area contributed by atoms with E-state index < -0.39 is 0 Å². The molecule has 0 aromatic carbocycles.